The van der Waals surface area contributed by atoms with Gasteiger partial charge in [-0.05, 0) is 19.3 Å². The van der Waals surface area contributed by atoms with Gasteiger partial charge in [-0.1, -0.05) is 5.16 Å². The molecule has 0 spiro atoms. The van der Waals surface area contributed by atoms with E-state index in [9.17, 15) is 4.79 Å². The van der Waals surface area contributed by atoms with Gasteiger partial charge in [0.05, 0.1) is 18.8 Å². The molecule has 2 saturated heterocycles. The maximum Gasteiger partial charge on any atom is 0.276 e. The van der Waals surface area contributed by atoms with Crippen LogP contribution in [0.25, 0.3) is 0 Å². The second kappa shape index (κ2) is 7.05. The summed E-state index contributed by atoms with van der Waals surface area (Å²) < 4.78 is 16.3. The fraction of sp³-hybridized carbons (Fsp3) is 0.778. The van der Waals surface area contributed by atoms with Crippen LogP contribution in [0.5, 0.6) is 0 Å². The van der Waals surface area contributed by atoms with Crippen molar-refractivity contribution in [2.45, 2.75) is 37.3 Å². The summed E-state index contributed by atoms with van der Waals surface area (Å²) in [4.78, 5) is 17.4. The number of likely N-dealkylation sites (tertiary alicyclic amines) is 2. The first-order valence-electron chi connectivity index (χ1n) is 9.23. The van der Waals surface area contributed by atoms with Crippen LogP contribution in [0.15, 0.2) is 10.6 Å². The van der Waals surface area contributed by atoms with E-state index in [0.29, 0.717) is 30.7 Å². The van der Waals surface area contributed by atoms with Gasteiger partial charge in [-0.15, -0.1) is 0 Å². The van der Waals surface area contributed by atoms with Crippen molar-refractivity contribution in [3.63, 3.8) is 0 Å². The number of amides is 1. The van der Waals surface area contributed by atoms with E-state index < -0.39 is 0 Å². The molecule has 3 aliphatic rings. The maximum absolute atomic E-state index is 13.0. The molecular formula is C18H27N3O4. The van der Waals surface area contributed by atoms with Gasteiger partial charge in [0.15, 0.2) is 5.69 Å². The van der Waals surface area contributed by atoms with Crippen molar-refractivity contribution in [1.82, 2.24) is 15.0 Å². The first-order chi connectivity index (χ1) is 12.2. The van der Waals surface area contributed by atoms with E-state index in [-0.39, 0.29) is 18.1 Å². The van der Waals surface area contributed by atoms with Gasteiger partial charge in [-0.2, -0.15) is 0 Å². The van der Waals surface area contributed by atoms with E-state index in [0.717, 1.165) is 44.7 Å². The maximum atomic E-state index is 13.0. The Labute approximate surface area is 148 Å². The topological polar surface area (TPSA) is 68.0 Å². The van der Waals surface area contributed by atoms with Crippen molar-refractivity contribution in [3.05, 3.63) is 17.5 Å². The number of carbonyl (C=O) groups is 1. The average Bonchev–Trinajstić information content (AvgIpc) is 3.20. The van der Waals surface area contributed by atoms with Gasteiger partial charge < -0.3 is 18.9 Å². The number of rotatable bonds is 6. The fourth-order valence-electron chi connectivity index (χ4n) is 4.28. The van der Waals surface area contributed by atoms with Gasteiger partial charge in [0.25, 0.3) is 5.91 Å². The molecule has 1 aliphatic carbocycles. The molecule has 3 heterocycles. The Bertz CT molecular complexity index is 615. The number of piperidine rings is 1. The molecule has 1 saturated carbocycles. The molecule has 138 valence electrons. The zero-order valence-corrected chi connectivity index (χ0v) is 15.0. The summed E-state index contributed by atoms with van der Waals surface area (Å²) in [5.74, 6) is 1.67. The standard InChI is InChI=1S/C18H27N3O4/c1-23-8-7-20-10-13-15(11-20)21(6-5-16(13)24-2)18(22)14-9-17(25-19-14)12-3-4-12/h9,12-13,15-16H,3-8,10-11H2,1-2H3/t13-,15+,16-/m1/s1. The van der Waals surface area contributed by atoms with Gasteiger partial charge in [0.2, 0.25) is 0 Å². The van der Waals surface area contributed by atoms with Crippen LogP contribution in [0, 0.1) is 5.92 Å². The average molecular weight is 349 g/mol. The Morgan fingerprint density at radius 2 is 2.16 bits per heavy atom. The first-order valence-corrected chi connectivity index (χ1v) is 9.23. The molecule has 25 heavy (non-hydrogen) atoms. The second-order valence-electron chi connectivity index (χ2n) is 7.43. The van der Waals surface area contributed by atoms with Crippen molar-refractivity contribution in [3.8, 4) is 0 Å². The summed E-state index contributed by atoms with van der Waals surface area (Å²) in [6, 6.07) is 2.01. The molecule has 4 rings (SSSR count). The van der Waals surface area contributed by atoms with Crippen LogP contribution in [0.4, 0.5) is 0 Å². The molecular weight excluding hydrogens is 322 g/mol. The number of nitrogens with zero attached hydrogens (tertiary/aromatic N) is 3. The van der Waals surface area contributed by atoms with E-state index in [4.69, 9.17) is 14.0 Å². The number of hydrogen-bond donors (Lipinski definition) is 0. The summed E-state index contributed by atoms with van der Waals surface area (Å²) in [6.07, 6.45) is 3.36. The third-order valence-electron chi connectivity index (χ3n) is 5.84. The minimum absolute atomic E-state index is 0.00575. The highest BCUT2D eigenvalue weighted by Crippen LogP contribution is 2.40. The van der Waals surface area contributed by atoms with Crippen molar-refractivity contribution < 1.29 is 18.8 Å². The minimum atomic E-state index is -0.00575. The number of methoxy groups -OCH3 is 2. The predicted molar refractivity (Wildman–Crippen MR) is 90.5 cm³/mol. The van der Waals surface area contributed by atoms with Crippen LogP contribution >= 0.6 is 0 Å². The van der Waals surface area contributed by atoms with Crippen LogP contribution in [-0.2, 0) is 9.47 Å². The lowest BCUT2D eigenvalue weighted by Gasteiger charge is -2.40. The number of fused-ring (bicyclic) bond motifs is 1. The number of hydrogen-bond acceptors (Lipinski definition) is 6. The summed E-state index contributed by atoms with van der Waals surface area (Å²) in [5, 5.41) is 4.04. The van der Waals surface area contributed by atoms with Gasteiger partial charge in [0.1, 0.15) is 5.76 Å². The Balaban J connectivity index is 1.49. The van der Waals surface area contributed by atoms with E-state index in [1.807, 2.05) is 11.0 Å². The fourth-order valence-corrected chi connectivity index (χ4v) is 4.28. The monoisotopic (exact) mass is 349 g/mol. The molecule has 2 aliphatic heterocycles. The molecule has 0 radical (unpaired) electrons. The highest BCUT2D eigenvalue weighted by molar-refractivity contribution is 5.92. The summed E-state index contributed by atoms with van der Waals surface area (Å²) >= 11 is 0. The lowest BCUT2D eigenvalue weighted by Crippen LogP contribution is -2.53. The van der Waals surface area contributed by atoms with Crippen LogP contribution in [0.3, 0.4) is 0 Å². The van der Waals surface area contributed by atoms with Gasteiger partial charge >= 0.3 is 0 Å². The molecule has 3 fully saturated rings. The summed E-state index contributed by atoms with van der Waals surface area (Å²) in [6.45, 7) is 4.12. The molecule has 0 aromatic carbocycles. The largest absolute Gasteiger partial charge is 0.383 e. The van der Waals surface area contributed by atoms with Gasteiger partial charge in [0, 0.05) is 58.3 Å². The molecule has 7 nitrogen and oxygen atoms in total. The SMILES string of the molecule is COCCN1C[C@H]2[C@H](OC)CCN(C(=O)c3cc(C4CC4)on3)[C@H]2C1. The van der Waals surface area contributed by atoms with Crippen LogP contribution in [0.1, 0.15) is 41.4 Å². The third kappa shape index (κ3) is 3.32. The molecule has 1 aromatic heterocycles. The highest BCUT2D eigenvalue weighted by Gasteiger charge is 2.46. The van der Waals surface area contributed by atoms with Crippen LogP contribution in [0.2, 0.25) is 0 Å². The predicted octanol–water partition coefficient (Wildman–Crippen LogP) is 1.36. The number of aromatic nitrogens is 1. The quantitative estimate of drug-likeness (QED) is 0.772. The first kappa shape index (κ1) is 17.0. The van der Waals surface area contributed by atoms with Crippen molar-refractivity contribution in [1.29, 1.82) is 0 Å². The van der Waals surface area contributed by atoms with Crippen LogP contribution < -0.4 is 0 Å². The Hall–Kier alpha value is -1.44. The third-order valence-corrected chi connectivity index (χ3v) is 5.84. The van der Waals surface area contributed by atoms with Crippen LogP contribution in [-0.4, -0.2) is 80.0 Å². The zero-order valence-electron chi connectivity index (χ0n) is 15.0. The molecule has 1 aromatic rings. The van der Waals surface area contributed by atoms with E-state index in [1.165, 1.54) is 0 Å². The van der Waals surface area contributed by atoms with Gasteiger partial charge in [-0.3, -0.25) is 9.69 Å². The molecule has 0 bridgehead atoms. The number of ether oxygens (including phenoxy) is 2. The number of carbonyl (C=O) groups excluding carboxylic acids is 1. The Morgan fingerprint density at radius 3 is 2.88 bits per heavy atom. The molecule has 0 N–H and O–H groups in total. The van der Waals surface area contributed by atoms with Crippen molar-refractivity contribution in [2.75, 3.05) is 47.0 Å². The van der Waals surface area contributed by atoms with Gasteiger partial charge in [-0.25, -0.2) is 0 Å². The second-order valence-corrected chi connectivity index (χ2v) is 7.43. The lowest BCUT2D eigenvalue weighted by molar-refractivity contribution is -0.0160. The van der Waals surface area contributed by atoms with E-state index in [2.05, 4.69) is 10.1 Å². The van der Waals surface area contributed by atoms with Crippen molar-refractivity contribution in [2.24, 2.45) is 5.92 Å². The molecule has 1 amide bonds. The lowest BCUT2D eigenvalue weighted by atomic mass is 9.88. The smallest absolute Gasteiger partial charge is 0.276 e. The summed E-state index contributed by atoms with van der Waals surface area (Å²) in [7, 11) is 3.50. The molecule has 3 atom stereocenters. The normalized spacial score (nSPS) is 29.8. The van der Waals surface area contributed by atoms with E-state index in [1.54, 1.807) is 14.2 Å². The zero-order chi connectivity index (χ0) is 17.4. The Kier molecular flexibility index (Phi) is 4.80. The minimum Gasteiger partial charge on any atom is -0.383 e. The Morgan fingerprint density at radius 1 is 1.32 bits per heavy atom. The molecule has 7 heteroatoms. The summed E-state index contributed by atoms with van der Waals surface area (Å²) in [5.41, 5.74) is 0.451. The van der Waals surface area contributed by atoms with Crippen molar-refractivity contribution >= 4 is 5.91 Å². The molecule has 0 unspecified atom stereocenters. The highest BCUT2D eigenvalue weighted by atomic mass is 16.5. The van der Waals surface area contributed by atoms with E-state index >= 15 is 0 Å².